The van der Waals surface area contributed by atoms with Gasteiger partial charge in [0.15, 0.2) is 0 Å². The van der Waals surface area contributed by atoms with Crippen LogP contribution in [0.5, 0.6) is 0 Å². The van der Waals surface area contributed by atoms with Crippen molar-refractivity contribution in [1.29, 1.82) is 0 Å². The quantitative estimate of drug-likeness (QED) is 0.805. The predicted molar refractivity (Wildman–Crippen MR) is 107 cm³/mol. The summed E-state index contributed by atoms with van der Waals surface area (Å²) in [6, 6.07) is 9.20. The van der Waals surface area contributed by atoms with Crippen molar-refractivity contribution in [1.82, 2.24) is 19.2 Å². The molecule has 1 amide bonds. The van der Waals surface area contributed by atoms with Crippen LogP contribution in [0.15, 0.2) is 42.7 Å². The molecule has 0 aliphatic carbocycles. The van der Waals surface area contributed by atoms with Crippen LogP contribution in [-0.4, -0.2) is 58.6 Å². The minimum atomic E-state index is -3.55. The van der Waals surface area contributed by atoms with E-state index in [4.69, 9.17) is 4.74 Å². The lowest BCUT2D eigenvalue weighted by Crippen LogP contribution is -2.49. The second-order valence-electron chi connectivity index (χ2n) is 7.54. The molecule has 0 bridgehead atoms. The molecule has 0 saturated carbocycles. The molecule has 2 aliphatic heterocycles. The highest BCUT2D eigenvalue weighted by Crippen LogP contribution is 2.35. The first kappa shape index (κ1) is 19.9. The van der Waals surface area contributed by atoms with E-state index in [1.165, 1.54) is 4.90 Å². The van der Waals surface area contributed by atoms with E-state index < -0.39 is 21.4 Å². The molecule has 1 aromatic carbocycles. The summed E-state index contributed by atoms with van der Waals surface area (Å²) in [6.45, 7) is 1.35. The Kier molecular flexibility index (Phi) is 5.86. The smallest absolute Gasteiger partial charge is 0.410 e. The Morgan fingerprint density at radius 2 is 1.97 bits per heavy atom. The highest BCUT2D eigenvalue weighted by molar-refractivity contribution is 7.89. The number of nitrogens with one attached hydrogen (secondary N) is 1. The Bertz CT molecular complexity index is 917. The van der Waals surface area contributed by atoms with Crippen LogP contribution in [-0.2, 0) is 21.4 Å². The first-order valence-corrected chi connectivity index (χ1v) is 11.5. The number of sulfonamides is 1. The van der Waals surface area contributed by atoms with Crippen molar-refractivity contribution in [2.75, 3.05) is 19.6 Å². The lowest BCUT2D eigenvalue weighted by molar-refractivity contribution is 0.0896. The van der Waals surface area contributed by atoms with E-state index in [0.29, 0.717) is 31.8 Å². The fourth-order valence-electron chi connectivity index (χ4n) is 4.13. The van der Waals surface area contributed by atoms with Gasteiger partial charge in [-0.15, -0.1) is 0 Å². The Balaban J connectivity index is 1.41. The van der Waals surface area contributed by atoms with Gasteiger partial charge in [0.2, 0.25) is 10.0 Å². The molecule has 2 aromatic rings. The predicted octanol–water partition coefficient (Wildman–Crippen LogP) is 2.68. The third-order valence-corrected chi connectivity index (χ3v) is 7.95. The van der Waals surface area contributed by atoms with Gasteiger partial charge in [-0.05, 0) is 31.2 Å². The van der Waals surface area contributed by atoms with Crippen LogP contribution in [0.3, 0.4) is 0 Å². The molecule has 2 saturated heterocycles. The van der Waals surface area contributed by atoms with Crippen LogP contribution in [0.4, 0.5) is 4.79 Å². The van der Waals surface area contributed by atoms with Gasteiger partial charge in [-0.1, -0.05) is 30.3 Å². The topological polar surface area (TPSA) is 95.6 Å². The first-order chi connectivity index (χ1) is 14.1. The molecule has 29 heavy (non-hydrogen) atoms. The number of rotatable bonds is 5. The number of hydrogen-bond donors (Lipinski definition) is 1. The maximum Gasteiger partial charge on any atom is 0.410 e. The normalized spacial score (nSPS) is 23.2. The Hall–Kier alpha value is -2.39. The molecule has 0 spiro atoms. The molecule has 2 aliphatic rings. The van der Waals surface area contributed by atoms with E-state index in [1.807, 2.05) is 30.3 Å². The van der Waals surface area contributed by atoms with E-state index in [1.54, 1.807) is 16.7 Å². The first-order valence-electron chi connectivity index (χ1n) is 10.0. The zero-order valence-electron chi connectivity index (χ0n) is 16.2. The number of piperidine rings is 1. The van der Waals surface area contributed by atoms with Crippen molar-refractivity contribution in [3.8, 4) is 0 Å². The summed E-state index contributed by atoms with van der Waals surface area (Å²) in [4.78, 5) is 21.3. The number of benzene rings is 1. The largest absolute Gasteiger partial charge is 0.445 e. The number of amides is 1. The Morgan fingerprint density at radius 3 is 2.72 bits per heavy atom. The fraction of sp³-hybridized carbons (Fsp3) is 0.500. The van der Waals surface area contributed by atoms with E-state index in [-0.39, 0.29) is 19.2 Å². The van der Waals surface area contributed by atoms with Crippen molar-refractivity contribution in [2.45, 2.75) is 43.6 Å². The average molecular weight is 419 g/mol. The third-order valence-electron chi connectivity index (χ3n) is 5.63. The van der Waals surface area contributed by atoms with Gasteiger partial charge in [-0.2, -0.15) is 4.31 Å². The molecule has 1 N–H and O–H groups in total. The van der Waals surface area contributed by atoms with E-state index in [0.717, 1.165) is 18.4 Å². The summed E-state index contributed by atoms with van der Waals surface area (Å²) in [7, 11) is -3.55. The van der Waals surface area contributed by atoms with Gasteiger partial charge < -0.3 is 14.6 Å². The third kappa shape index (κ3) is 4.30. The molecule has 3 heterocycles. The lowest BCUT2D eigenvalue weighted by Gasteiger charge is -2.35. The van der Waals surface area contributed by atoms with Crippen LogP contribution < -0.4 is 0 Å². The number of aromatic nitrogens is 2. The lowest BCUT2D eigenvalue weighted by atomic mass is 10.1. The maximum absolute atomic E-state index is 13.3. The molecule has 4 rings (SSSR count). The highest BCUT2D eigenvalue weighted by atomic mass is 32.2. The Labute approximate surface area is 170 Å². The second-order valence-corrected chi connectivity index (χ2v) is 9.70. The van der Waals surface area contributed by atoms with Crippen LogP contribution in [0.25, 0.3) is 0 Å². The zero-order valence-corrected chi connectivity index (χ0v) is 17.1. The molecule has 0 radical (unpaired) electrons. The monoisotopic (exact) mass is 418 g/mol. The van der Waals surface area contributed by atoms with Gasteiger partial charge in [0.05, 0.1) is 11.3 Å². The minimum absolute atomic E-state index is 0.164. The van der Waals surface area contributed by atoms with Gasteiger partial charge in [-0.25, -0.2) is 18.2 Å². The summed E-state index contributed by atoms with van der Waals surface area (Å²) in [6.07, 6.45) is 5.64. The Morgan fingerprint density at radius 1 is 1.17 bits per heavy atom. The molecule has 0 unspecified atom stereocenters. The number of likely N-dealkylation sites (tertiary alicyclic amines) is 1. The van der Waals surface area contributed by atoms with Crippen LogP contribution in [0, 0.1) is 0 Å². The molecule has 1 aromatic heterocycles. The van der Waals surface area contributed by atoms with Gasteiger partial charge in [-0.3, -0.25) is 0 Å². The molecule has 8 nitrogen and oxygen atoms in total. The van der Waals surface area contributed by atoms with Crippen LogP contribution in [0.2, 0.25) is 0 Å². The number of carbonyl (C=O) groups excluding carboxylic acids is 1. The van der Waals surface area contributed by atoms with Gasteiger partial charge in [0, 0.05) is 32.0 Å². The summed E-state index contributed by atoms with van der Waals surface area (Å²) in [5.41, 5.74) is 0.903. The molecular weight excluding hydrogens is 392 g/mol. The van der Waals surface area contributed by atoms with Crippen LogP contribution >= 0.6 is 0 Å². The standard InChI is InChI=1S/C20H26N4O4S/c25-20(28-15-16-6-2-1-3-7-16)23-12-4-8-17(14-23)29(26,27)24-13-5-9-18(24)19-21-10-11-22-19/h1-3,6-7,10-11,17-18H,4-5,8-9,12-15H2,(H,21,22)/t17-,18-/m1/s1. The number of carbonyl (C=O) groups is 1. The number of hydrogen-bond acceptors (Lipinski definition) is 5. The zero-order chi connectivity index (χ0) is 20.3. The maximum atomic E-state index is 13.3. The van der Waals surface area contributed by atoms with Crippen molar-refractivity contribution in [3.05, 3.63) is 54.1 Å². The van der Waals surface area contributed by atoms with Gasteiger partial charge in [0.1, 0.15) is 12.4 Å². The number of ether oxygens (including phenoxy) is 1. The van der Waals surface area contributed by atoms with E-state index >= 15 is 0 Å². The second kappa shape index (κ2) is 8.54. The van der Waals surface area contributed by atoms with Gasteiger partial charge >= 0.3 is 6.09 Å². The SMILES string of the molecule is O=C(OCc1ccccc1)N1CCC[C@@H](S(=O)(=O)N2CCC[C@@H]2c2ncc[nH]2)C1. The number of nitrogens with zero attached hydrogens (tertiary/aromatic N) is 3. The molecular formula is C20H26N4O4S. The minimum Gasteiger partial charge on any atom is -0.445 e. The van der Waals surface area contributed by atoms with Crippen molar-refractivity contribution < 1.29 is 17.9 Å². The molecule has 2 fully saturated rings. The number of imidazole rings is 1. The summed E-state index contributed by atoms with van der Waals surface area (Å²) in [5, 5.41) is -0.615. The molecule has 156 valence electrons. The molecule has 2 atom stereocenters. The van der Waals surface area contributed by atoms with Crippen molar-refractivity contribution in [2.24, 2.45) is 0 Å². The fourth-order valence-corrected chi connectivity index (χ4v) is 6.29. The molecule has 9 heteroatoms. The van der Waals surface area contributed by atoms with Crippen LogP contribution in [0.1, 0.15) is 43.1 Å². The highest BCUT2D eigenvalue weighted by Gasteiger charge is 2.43. The summed E-state index contributed by atoms with van der Waals surface area (Å²) >= 11 is 0. The van der Waals surface area contributed by atoms with Gasteiger partial charge in [0.25, 0.3) is 0 Å². The van der Waals surface area contributed by atoms with E-state index in [9.17, 15) is 13.2 Å². The number of aromatic amines is 1. The van der Waals surface area contributed by atoms with Crippen molar-refractivity contribution >= 4 is 16.1 Å². The average Bonchev–Trinajstić information content (AvgIpc) is 3.44. The summed E-state index contributed by atoms with van der Waals surface area (Å²) < 4.78 is 33.7. The number of H-pyrrole nitrogens is 1. The van der Waals surface area contributed by atoms with E-state index in [2.05, 4.69) is 9.97 Å². The van der Waals surface area contributed by atoms with Crippen molar-refractivity contribution in [3.63, 3.8) is 0 Å². The summed E-state index contributed by atoms with van der Waals surface area (Å²) in [5.74, 6) is 0.681.